The Morgan fingerprint density at radius 2 is 2.33 bits per heavy atom. The van der Waals surface area contributed by atoms with E-state index in [1.807, 2.05) is 0 Å². The summed E-state index contributed by atoms with van der Waals surface area (Å²) in [7, 11) is 4.24. The van der Waals surface area contributed by atoms with E-state index < -0.39 is 0 Å². The maximum Gasteiger partial charge on any atom is 0.0101 e. The summed E-state index contributed by atoms with van der Waals surface area (Å²) >= 11 is 2.10. The second-order valence-corrected chi connectivity index (χ2v) is 4.89. The van der Waals surface area contributed by atoms with Crippen LogP contribution in [-0.4, -0.2) is 50.1 Å². The van der Waals surface area contributed by atoms with Crippen LogP contribution in [0.2, 0.25) is 0 Å². The summed E-state index contributed by atoms with van der Waals surface area (Å²) in [5, 5.41) is 3.50. The van der Waals surface area contributed by atoms with Crippen molar-refractivity contribution in [1.29, 1.82) is 0 Å². The Kier molecular flexibility index (Phi) is 5.04. The summed E-state index contributed by atoms with van der Waals surface area (Å²) in [4.78, 5) is 2.22. The van der Waals surface area contributed by atoms with Gasteiger partial charge in [-0.1, -0.05) is 0 Å². The Bertz CT molecular complexity index is 111. The molecule has 0 aromatic heterocycles. The van der Waals surface area contributed by atoms with Crippen LogP contribution >= 0.6 is 11.8 Å². The third kappa shape index (κ3) is 4.33. The molecule has 0 spiro atoms. The molecule has 72 valence electrons. The number of nitrogens with one attached hydrogen (secondary N) is 1. The molecular formula is C9H20N2S. The third-order valence-corrected chi connectivity index (χ3v) is 3.42. The van der Waals surface area contributed by atoms with Gasteiger partial charge in [-0.15, -0.1) is 0 Å². The predicted octanol–water partition coefficient (Wildman–Crippen LogP) is 0.891. The van der Waals surface area contributed by atoms with E-state index in [9.17, 15) is 0 Å². The lowest BCUT2D eigenvalue weighted by Gasteiger charge is -2.12. The number of nitrogens with zero attached hydrogens (tertiary/aromatic N) is 1. The van der Waals surface area contributed by atoms with E-state index in [-0.39, 0.29) is 0 Å². The van der Waals surface area contributed by atoms with Crippen molar-refractivity contribution in [1.82, 2.24) is 10.2 Å². The van der Waals surface area contributed by atoms with Crippen LogP contribution in [0.5, 0.6) is 0 Å². The summed E-state index contributed by atoms with van der Waals surface area (Å²) in [6.07, 6.45) is 1.42. The highest BCUT2D eigenvalue weighted by Crippen LogP contribution is 2.22. The molecule has 1 rings (SSSR count). The molecule has 0 aromatic rings. The first-order chi connectivity index (χ1) is 5.79. The topological polar surface area (TPSA) is 15.3 Å². The van der Waals surface area contributed by atoms with Gasteiger partial charge in [0, 0.05) is 13.1 Å². The number of hydrogen-bond acceptors (Lipinski definition) is 3. The molecule has 0 aliphatic carbocycles. The summed E-state index contributed by atoms with van der Waals surface area (Å²) in [6.45, 7) is 3.51. The zero-order valence-corrected chi connectivity index (χ0v) is 8.99. The molecule has 1 N–H and O–H groups in total. The van der Waals surface area contributed by atoms with E-state index in [4.69, 9.17) is 0 Å². The fraction of sp³-hybridized carbons (Fsp3) is 1.00. The highest BCUT2D eigenvalue weighted by molar-refractivity contribution is 7.99. The highest BCUT2D eigenvalue weighted by Gasteiger charge is 2.14. The van der Waals surface area contributed by atoms with Crippen LogP contribution in [-0.2, 0) is 0 Å². The van der Waals surface area contributed by atoms with E-state index in [1.165, 1.54) is 24.5 Å². The van der Waals surface area contributed by atoms with Gasteiger partial charge >= 0.3 is 0 Å². The molecule has 1 aliphatic rings. The Hall–Kier alpha value is 0.270. The van der Waals surface area contributed by atoms with Crippen molar-refractivity contribution in [2.75, 3.05) is 45.2 Å². The SMILES string of the molecule is CN(C)CCNCC1CCSC1. The summed E-state index contributed by atoms with van der Waals surface area (Å²) in [5.41, 5.74) is 0. The Labute approximate surface area is 80.1 Å². The molecule has 1 saturated heterocycles. The second-order valence-electron chi connectivity index (χ2n) is 3.74. The lowest BCUT2D eigenvalue weighted by atomic mass is 10.1. The maximum atomic E-state index is 3.50. The zero-order valence-electron chi connectivity index (χ0n) is 8.18. The Balaban J connectivity index is 1.88. The van der Waals surface area contributed by atoms with E-state index in [0.717, 1.165) is 19.0 Å². The molecule has 1 fully saturated rings. The van der Waals surface area contributed by atoms with Gasteiger partial charge < -0.3 is 10.2 Å². The summed E-state index contributed by atoms with van der Waals surface area (Å²) < 4.78 is 0. The number of rotatable bonds is 5. The van der Waals surface area contributed by atoms with Crippen molar-refractivity contribution in [2.45, 2.75) is 6.42 Å². The fourth-order valence-corrected chi connectivity index (χ4v) is 2.64. The quantitative estimate of drug-likeness (QED) is 0.645. The van der Waals surface area contributed by atoms with Gasteiger partial charge in [0.2, 0.25) is 0 Å². The average molecular weight is 188 g/mol. The largest absolute Gasteiger partial charge is 0.315 e. The van der Waals surface area contributed by atoms with Crippen LogP contribution < -0.4 is 5.32 Å². The van der Waals surface area contributed by atoms with Gasteiger partial charge in [0.25, 0.3) is 0 Å². The lowest BCUT2D eigenvalue weighted by molar-refractivity contribution is 0.391. The van der Waals surface area contributed by atoms with Gasteiger partial charge in [-0.25, -0.2) is 0 Å². The molecule has 12 heavy (non-hydrogen) atoms. The summed E-state index contributed by atoms with van der Waals surface area (Å²) in [6, 6.07) is 0. The molecule has 0 saturated carbocycles. The van der Waals surface area contributed by atoms with Crippen molar-refractivity contribution in [3.8, 4) is 0 Å². The fourth-order valence-electron chi connectivity index (χ4n) is 1.35. The van der Waals surface area contributed by atoms with E-state index in [1.54, 1.807) is 0 Å². The predicted molar refractivity (Wildman–Crippen MR) is 56.9 cm³/mol. The van der Waals surface area contributed by atoms with Gasteiger partial charge in [0.15, 0.2) is 0 Å². The standard InChI is InChI=1S/C9H20N2S/c1-11(2)5-4-10-7-9-3-6-12-8-9/h9-10H,3-8H2,1-2H3. The Morgan fingerprint density at radius 1 is 1.50 bits per heavy atom. The molecule has 0 aromatic carbocycles. The van der Waals surface area contributed by atoms with E-state index >= 15 is 0 Å². The van der Waals surface area contributed by atoms with Crippen molar-refractivity contribution in [2.24, 2.45) is 5.92 Å². The third-order valence-electron chi connectivity index (χ3n) is 2.19. The van der Waals surface area contributed by atoms with Crippen LogP contribution in [0.4, 0.5) is 0 Å². The average Bonchev–Trinajstić information content (AvgIpc) is 2.49. The minimum Gasteiger partial charge on any atom is -0.315 e. The van der Waals surface area contributed by atoms with Gasteiger partial charge in [0.05, 0.1) is 0 Å². The molecule has 2 nitrogen and oxygen atoms in total. The molecule has 1 atom stereocenters. The van der Waals surface area contributed by atoms with Crippen LogP contribution in [0, 0.1) is 5.92 Å². The first-order valence-electron chi connectivity index (χ1n) is 4.72. The van der Waals surface area contributed by atoms with Gasteiger partial charge in [-0.2, -0.15) is 11.8 Å². The molecule has 0 radical (unpaired) electrons. The normalized spacial score (nSPS) is 23.8. The second kappa shape index (κ2) is 5.84. The van der Waals surface area contributed by atoms with Crippen molar-refractivity contribution in [3.63, 3.8) is 0 Å². The van der Waals surface area contributed by atoms with Crippen LogP contribution in [0.25, 0.3) is 0 Å². The molecule has 0 amide bonds. The van der Waals surface area contributed by atoms with Gasteiger partial charge in [-0.3, -0.25) is 0 Å². The molecule has 1 aliphatic heterocycles. The van der Waals surface area contributed by atoms with Crippen molar-refractivity contribution >= 4 is 11.8 Å². The van der Waals surface area contributed by atoms with E-state index in [2.05, 4.69) is 36.1 Å². The molecule has 1 unspecified atom stereocenters. The highest BCUT2D eigenvalue weighted by atomic mass is 32.2. The first kappa shape index (κ1) is 10.4. The smallest absolute Gasteiger partial charge is 0.0101 e. The Morgan fingerprint density at radius 3 is 2.92 bits per heavy atom. The van der Waals surface area contributed by atoms with Gasteiger partial charge in [-0.05, 0) is 44.5 Å². The molecule has 3 heteroatoms. The lowest BCUT2D eigenvalue weighted by Crippen LogP contribution is -2.30. The minimum atomic E-state index is 0.942. The van der Waals surface area contributed by atoms with Crippen molar-refractivity contribution in [3.05, 3.63) is 0 Å². The molecule has 0 bridgehead atoms. The van der Waals surface area contributed by atoms with Crippen LogP contribution in [0.15, 0.2) is 0 Å². The van der Waals surface area contributed by atoms with Crippen LogP contribution in [0.1, 0.15) is 6.42 Å². The maximum absolute atomic E-state index is 3.50. The van der Waals surface area contributed by atoms with Crippen LogP contribution in [0.3, 0.4) is 0 Å². The molecule has 1 heterocycles. The summed E-state index contributed by atoms with van der Waals surface area (Å²) in [5.74, 6) is 3.69. The number of thioether (sulfide) groups is 1. The number of likely N-dealkylation sites (N-methyl/N-ethyl adjacent to an activating group) is 1. The minimum absolute atomic E-state index is 0.942. The number of hydrogen-bond donors (Lipinski definition) is 1. The first-order valence-corrected chi connectivity index (χ1v) is 5.87. The zero-order chi connectivity index (χ0) is 8.81. The van der Waals surface area contributed by atoms with Gasteiger partial charge in [0.1, 0.15) is 0 Å². The molecular weight excluding hydrogens is 168 g/mol. The van der Waals surface area contributed by atoms with E-state index in [0.29, 0.717) is 0 Å². The monoisotopic (exact) mass is 188 g/mol. The van der Waals surface area contributed by atoms with Crippen molar-refractivity contribution < 1.29 is 0 Å².